The summed E-state index contributed by atoms with van der Waals surface area (Å²) in [6.45, 7) is 1.43. The number of pyridine rings is 2. The van der Waals surface area contributed by atoms with Gasteiger partial charge in [0.15, 0.2) is 0 Å². The van der Waals surface area contributed by atoms with Crippen molar-refractivity contribution in [2.24, 2.45) is 0 Å². The first-order valence-electron chi connectivity index (χ1n) is 11.2. The van der Waals surface area contributed by atoms with E-state index in [4.69, 9.17) is 4.98 Å². The smallest absolute Gasteiger partial charge is 0.258 e. The minimum atomic E-state index is -0.149. The van der Waals surface area contributed by atoms with Gasteiger partial charge >= 0.3 is 0 Å². The molecule has 9 heteroatoms. The van der Waals surface area contributed by atoms with Crippen LogP contribution in [0.25, 0.3) is 22.7 Å². The van der Waals surface area contributed by atoms with Gasteiger partial charge in [0.2, 0.25) is 0 Å². The zero-order valence-electron chi connectivity index (χ0n) is 18.4. The van der Waals surface area contributed by atoms with Gasteiger partial charge in [-0.2, -0.15) is 0 Å². The SMILES string of the molecule is CN(Cc1ccc2nc(Cn3cc(-c4cc(=O)n5ccccc5n4)nn3)cn2c1)C1CCC1. The van der Waals surface area contributed by atoms with Crippen LogP contribution < -0.4 is 5.56 Å². The Bertz CT molecular complexity index is 1510. The highest BCUT2D eigenvalue weighted by Gasteiger charge is 2.21. The third-order valence-corrected chi connectivity index (χ3v) is 6.39. The predicted molar refractivity (Wildman–Crippen MR) is 124 cm³/mol. The minimum absolute atomic E-state index is 0.149. The molecule has 6 rings (SSSR count). The minimum Gasteiger partial charge on any atom is -0.306 e. The first kappa shape index (κ1) is 19.8. The Kier molecular flexibility index (Phi) is 4.76. The molecule has 0 saturated heterocycles. The average Bonchev–Trinajstić information content (AvgIpc) is 3.39. The van der Waals surface area contributed by atoms with Crippen molar-refractivity contribution in [1.29, 1.82) is 0 Å². The maximum Gasteiger partial charge on any atom is 0.258 e. The molecule has 0 aromatic carbocycles. The molecule has 0 bridgehead atoms. The van der Waals surface area contributed by atoms with Crippen LogP contribution in [-0.2, 0) is 13.1 Å². The molecule has 0 N–H and O–H groups in total. The summed E-state index contributed by atoms with van der Waals surface area (Å²) in [5, 5.41) is 8.45. The van der Waals surface area contributed by atoms with E-state index in [0.29, 0.717) is 29.6 Å². The Balaban J connectivity index is 1.22. The van der Waals surface area contributed by atoms with E-state index in [0.717, 1.165) is 17.9 Å². The van der Waals surface area contributed by atoms with Crippen molar-refractivity contribution in [1.82, 2.24) is 38.7 Å². The van der Waals surface area contributed by atoms with E-state index in [1.807, 2.05) is 12.3 Å². The van der Waals surface area contributed by atoms with Crippen molar-refractivity contribution in [3.63, 3.8) is 0 Å². The van der Waals surface area contributed by atoms with E-state index in [9.17, 15) is 4.79 Å². The second-order valence-electron chi connectivity index (χ2n) is 8.74. The van der Waals surface area contributed by atoms with Crippen LogP contribution in [-0.4, -0.2) is 51.8 Å². The van der Waals surface area contributed by atoms with Gasteiger partial charge in [-0.25, -0.2) is 14.6 Å². The lowest BCUT2D eigenvalue weighted by atomic mass is 9.92. The molecule has 33 heavy (non-hydrogen) atoms. The number of imidazole rings is 1. The number of hydrogen-bond acceptors (Lipinski definition) is 6. The molecule has 1 aliphatic carbocycles. The van der Waals surface area contributed by atoms with Gasteiger partial charge in [0, 0.05) is 37.2 Å². The Morgan fingerprint density at radius 3 is 2.79 bits per heavy atom. The van der Waals surface area contributed by atoms with E-state index >= 15 is 0 Å². The van der Waals surface area contributed by atoms with Gasteiger partial charge < -0.3 is 4.40 Å². The van der Waals surface area contributed by atoms with E-state index in [1.165, 1.54) is 35.3 Å². The summed E-state index contributed by atoms with van der Waals surface area (Å²) >= 11 is 0. The molecule has 0 aliphatic heterocycles. The van der Waals surface area contributed by atoms with Crippen LogP contribution in [0.4, 0.5) is 0 Å². The van der Waals surface area contributed by atoms with Crippen LogP contribution in [0.2, 0.25) is 0 Å². The van der Waals surface area contributed by atoms with Crippen LogP contribution in [0.1, 0.15) is 30.5 Å². The lowest BCUT2D eigenvalue weighted by molar-refractivity contribution is 0.152. The van der Waals surface area contributed by atoms with Gasteiger partial charge in [0.1, 0.15) is 22.7 Å². The van der Waals surface area contributed by atoms with E-state index in [1.54, 1.807) is 29.2 Å². The van der Waals surface area contributed by atoms with Crippen LogP contribution in [0.15, 0.2) is 66.0 Å². The van der Waals surface area contributed by atoms with E-state index < -0.39 is 0 Å². The molecule has 5 aromatic rings. The fraction of sp³-hybridized carbons (Fsp3) is 0.292. The van der Waals surface area contributed by atoms with Crippen LogP contribution in [0.3, 0.4) is 0 Å². The molecule has 0 unspecified atom stereocenters. The van der Waals surface area contributed by atoms with Gasteiger partial charge in [-0.3, -0.25) is 14.1 Å². The van der Waals surface area contributed by atoms with Gasteiger partial charge in [0.25, 0.3) is 5.56 Å². The summed E-state index contributed by atoms with van der Waals surface area (Å²) in [5.41, 5.74) is 4.57. The Hall–Kier alpha value is -3.85. The zero-order valence-corrected chi connectivity index (χ0v) is 18.4. The second kappa shape index (κ2) is 7.93. The number of fused-ring (bicyclic) bond motifs is 2. The maximum atomic E-state index is 12.4. The van der Waals surface area contributed by atoms with Crippen molar-refractivity contribution in [2.75, 3.05) is 7.05 Å². The molecule has 0 amide bonds. The van der Waals surface area contributed by atoms with Crippen molar-refractivity contribution >= 4 is 11.3 Å². The molecule has 1 saturated carbocycles. The standard InChI is InChI=1S/C24H24N8O/c1-29(19-5-4-6-19)12-17-8-9-22-25-18(14-30(22)13-17)15-31-16-21(27-28-31)20-11-24(33)32-10-3-2-7-23(32)26-20/h2-3,7-11,13-14,16,19H,4-6,12,15H2,1H3. The summed E-state index contributed by atoms with van der Waals surface area (Å²) < 4.78 is 5.29. The predicted octanol–water partition coefficient (Wildman–Crippen LogP) is 2.63. The summed E-state index contributed by atoms with van der Waals surface area (Å²) in [7, 11) is 2.20. The summed E-state index contributed by atoms with van der Waals surface area (Å²) in [4.78, 5) is 24.1. The molecule has 1 aliphatic rings. The molecule has 1 fully saturated rings. The summed E-state index contributed by atoms with van der Waals surface area (Å²) in [6, 6.07) is 11.9. The number of hydrogen-bond donors (Lipinski definition) is 0. The van der Waals surface area contributed by atoms with Crippen molar-refractivity contribution in [3.8, 4) is 11.4 Å². The van der Waals surface area contributed by atoms with Gasteiger partial charge in [0.05, 0.1) is 18.4 Å². The molecule has 0 atom stereocenters. The van der Waals surface area contributed by atoms with Crippen molar-refractivity contribution in [2.45, 2.75) is 38.4 Å². The normalized spacial score (nSPS) is 14.4. The molecule has 0 radical (unpaired) electrons. The maximum absolute atomic E-state index is 12.4. The van der Waals surface area contributed by atoms with Crippen molar-refractivity contribution < 1.29 is 0 Å². The van der Waals surface area contributed by atoms with Crippen LogP contribution in [0.5, 0.6) is 0 Å². The van der Waals surface area contributed by atoms with Gasteiger partial charge in [-0.05, 0) is 43.7 Å². The third kappa shape index (κ3) is 3.80. The average molecular weight is 441 g/mol. The lowest BCUT2D eigenvalue weighted by Gasteiger charge is -2.34. The molecule has 5 heterocycles. The Morgan fingerprint density at radius 2 is 1.94 bits per heavy atom. The highest BCUT2D eigenvalue weighted by atomic mass is 16.1. The molecule has 5 aromatic heterocycles. The van der Waals surface area contributed by atoms with Crippen LogP contribution in [0, 0.1) is 0 Å². The van der Waals surface area contributed by atoms with Crippen molar-refractivity contribution in [3.05, 3.63) is 82.8 Å². The summed E-state index contributed by atoms with van der Waals surface area (Å²) in [6.07, 6.45) is 11.6. The van der Waals surface area contributed by atoms with E-state index in [-0.39, 0.29) is 5.56 Å². The topological polar surface area (TPSA) is 85.6 Å². The molecule has 166 valence electrons. The molecule has 0 spiro atoms. The largest absolute Gasteiger partial charge is 0.306 e. The second-order valence-corrected chi connectivity index (χ2v) is 8.74. The fourth-order valence-corrected chi connectivity index (χ4v) is 4.35. The Morgan fingerprint density at radius 1 is 1.03 bits per heavy atom. The third-order valence-electron chi connectivity index (χ3n) is 6.39. The quantitative estimate of drug-likeness (QED) is 0.404. The number of nitrogens with zero attached hydrogens (tertiary/aromatic N) is 8. The van der Waals surface area contributed by atoms with E-state index in [2.05, 4.69) is 50.0 Å². The fourth-order valence-electron chi connectivity index (χ4n) is 4.35. The zero-order chi connectivity index (χ0) is 22.4. The van der Waals surface area contributed by atoms with Gasteiger partial charge in [-0.1, -0.05) is 23.8 Å². The molecular formula is C24H24N8O. The van der Waals surface area contributed by atoms with Gasteiger partial charge in [-0.15, -0.1) is 5.10 Å². The molecule has 9 nitrogen and oxygen atoms in total. The highest BCUT2D eigenvalue weighted by molar-refractivity contribution is 5.56. The monoisotopic (exact) mass is 440 g/mol. The molecular weight excluding hydrogens is 416 g/mol. The summed E-state index contributed by atoms with van der Waals surface area (Å²) in [5.74, 6) is 0. The lowest BCUT2D eigenvalue weighted by Crippen LogP contribution is -2.36. The first-order valence-corrected chi connectivity index (χ1v) is 11.2. The number of rotatable bonds is 6. The Labute approximate surface area is 189 Å². The number of aromatic nitrogens is 7. The highest BCUT2D eigenvalue weighted by Crippen LogP contribution is 2.25. The van der Waals surface area contributed by atoms with Crippen LogP contribution >= 0.6 is 0 Å². The first-order chi connectivity index (χ1) is 16.1.